The first-order valence-electron chi connectivity index (χ1n) is 10.2. The van der Waals surface area contributed by atoms with Crippen LogP contribution in [0.3, 0.4) is 0 Å². The van der Waals surface area contributed by atoms with Crippen LogP contribution in [0.4, 0.5) is 23.2 Å². The maximum Gasteiger partial charge on any atom is 0.418 e. The van der Waals surface area contributed by atoms with E-state index in [1.165, 1.54) is 30.3 Å². The fraction of sp³-hybridized carbons (Fsp3) is 0.364. The first-order valence-corrected chi connectivity index (χ1v) is 10.2. The molecule has 1 aromatic heterocycles. The van der Waals surface area contributed by atoms with Crippen LogP contribution in [0, 0.1) is 5.82 Å². The molecule has 1 fully saturated rings. The van der Waals surface area contributed by atoms with Gasteiger partial charge in [-0.05, 0) is 43.8 Å². The molecule has 0 aliphatic carbocycles. The Morgan fingerprint density at radius 1 is 1.06 bits per heavy atom. The number of hydrogen-bond acceptors (Lipinski definition) is 5. The number of aromatic nitrogens is 1. The monoisotopic (exact) mass is 450 g/mol. The molecule has 1 N–H and O–H groups in total. The number of para-hydroxylation sites is 1. The van der Waals surface area contributed by atoms with Gasteiger partial charge in [-0.25, -0.2) is 9.37 Å². The SMILES string of the molecule is O=C(CN1CCCN(Cc2nc3ccc(F)cc3o2)CC1)Nc1ccccc1C(F)(F)F. The first kappa shape index (κ1) is 22.2. The van der Waals surface area contributed by atoms with Crippen molar-refractivity contribution in [2.24, 2.45) is 0 Å². The molecule has 0 unspecified atom stereocenters. The molecule has 1 aliphatic heterocycles. The van der Waals surface area contributed by atoms with Gasteiger partial charge in [-0.15, -0.1) is 0 Å². The number of carbonyl (C=O) groups is 1. The molecular formula is C22H22F4N4O2. The Morgan fingerprint density at radius 3 is 2.62 bits per heavy atom. The summed E-state index contributed by atoms with van der Waals surface area (Å²) in [6.07, 6.45) is -3.76. The van der Waals surface area contributed by atoms with Gasteiger partial charge >= 0.3 is 6.18 Å². The second-order valence-corrected chi connectivity index (χ2v) is 7.72. The Balaban J connectivity index is 1.32. The lowest BCUT2D eigenvalue weighted by atomic mass is 10.1. The summed E-state index contributed by atoms with van der Waals surface area (Å²) in [6.45, 7) is 3.06. The minimum atomic E-state index is -4.54. The van der Waals surface area contributed by atoms with Gasteiger partial charge in [0.15, 0.2) is 5.58 Å². The summed E-state index contributed by atoms with van der Waals surface area (Å²) in [7, 11) is 0. The average Bonchev–Trinajstić information content (AvgIpc) is 2.99. The second kappa shape index (κ2) is 9.25. The van der Waals surface area contributed by atoms with Crippen LogP contribution in [0.25, 0.3) is 11.1 Å². The third-order valence-corrected chi connectivity index (χ3v) is 5.31. The van der Waals surface area contributed by atoms with Crippen LogP contribution >= 0.6 is 0 Å². The van der Waals surface area contributed by atoms with Crippen molar-refractivity contribution < 1.29 is 26.8 Å². The Labute approximate surface area is 181 Å². The minimum Gasteiger partial charge on any atom is -0.439 e. The van der Waals surface area contributed by atoms with Crippen molar-refractivity contribution in [3.05, 3.63) is 59.7 Å². The average molecular weight is 450 g/mol. The second-order valence-electron chi connectivity index (χ2n) is 7.72. The zero-order valence-corrected chi connectivity index (χ0v) is 17.2. The number of hydrogen-bond donors (Lipinski definition) is 1. The smallest absolute Gasteiger partial charge is 0.418 e. The number of halogens is 4. The molecular weight excluding hydrogens is 428 g/mol. The van der Waals surface area contributed by atoms with Crippen LogP contribution in [0.5, 0.6) is 0 Å². The van der Waals surface area contributed by atoms with E-state index in [0.717, 1.165) is 19.0 Å². The van der Waals surface area contributed by atoms with Gasteiger partial charge in [0, 0.05) is 19.2 Å². The van der Waals surface area contributed by atoms with Crippen molar-refractivity contribution in [2.45, 2.75) is 19.1 Å². The molecule has 0 radical (unpaired) electrons. The molecule has 3 aromatic rings. The van der Waals surface area contributed by atoms with Crippen molar-refractivity contribution in [3.8, 4) is 0 Å². The van der Waals surface area contributed by atoms with E-state index < -0.39 is 17.6 Å². The molecule has 2 heterocycles. The van der Waals surface area contributed by atoms with Crippen molar-refractivity contribution in [1.29, 1.82) is 0 Å². The van der Waals surface area contributed by atoms with Gasteiger partial charge in [0.25, 0.3) is 0 Å². The summed E-state index contributed by atoms with van der Waals surface area (Å²) in [5, 5.41) is 2.39. The van der Waals surface area contributed by atoms with Crippen LogP contribution < -0.4 is 5.32 Å². The van der Waals surface area contributed by atoms with E-state index in [1.54, 1.807) is 6.07 Å². The van der Waals surface area contributed by atoms with E-state index in [0.29, 0.717) is 43.2 Å². The standard InChI is InChI=1S/C22H22F4N4O2/c23-15-6-7-18-19(12-15)32-21(28-18)14-30-9-3-8-29(10-11-30)13-20(31)27-17-5-2-1-4-16(17)22(24,25)26/h1-2,4-7,12H,3,8-11,13-14H2,(H,27,31). The fourth-order valence-electron chi connectivity index (χ4n) is 3.78. The molecule has 4 rings (SSSR count). The normalized spacial score (nSPS) is 16.2. The van der Waals surface area contributed by atoms with Crippen molar-refractivity contribution in [3.63, 3.8) is 0 Å². The highest BCUT2D eigenvalue weighted by Gasteiger charge is 2.33. The first-order chi connectivity index (χ1) is 15.3. The lowest BCUT2D eigenvalue weighted by molar-refractivity contribution is -0.137. The maximum atomic E-state index is 13.3. The van der Waals surface area contributed by atoms with E-state index in [1.807, 2.05) is 4.90 Å². The molecule has 6 nitrogen and oxygen atoms in total. The van der Waals surface area contributed by atoms with Gasteiger partial charge in [0.05, 0.1) is 24.3 Å². The van der Waals surface area contributed by atoms with Gasteiger partial charge < -0.3 is 9.73 Å². The summed E-state index contributed by atoms with van der Waals surface area (Å²) in [4.78, 5) is 20.8. The number of fused-ring (bicyclic) bond motifs is 1. The molecule has 0 saturated carbocycles. The largest absolute Gasteiger partial charge is 0.439 e. The number of amides is 1. The summed E-state index contributed by atoms with van der Waals surface area (Å²) in [6, 6.07) is 9.13. The van der Waals surface area contributed by atoms with Crippen molar-refractivity contribution >= 4 is 22.7 Å². The lowest BCUT2D eigenvalue weighted by Gasteiger charge is -2.21. The molecule has 1 aliphatic rings. The quantitative estimate of drug-likeness (QED) is 0.593. The summed E-state index contributed by atoms with van der Waals surface area (Å²) < 4.78 is 58.3. The predicted molar refractivity (Wildman–Crippen MR) is 110 cm³/mol. The number of benzene rings is 2. The van der Waals surface area contributed by atoms with E-state index in [-0.39, 0.29) is 18.0 Å². The molecule has 0 spiro atoms. The van der Waals surface area contributed by atoms with Crippen LogP contribution in [-0.4, -0.2) is 53.4 Å². The van der Waals surface area contributed by atoms with E-state index in [9.17, 15) is 22.4 Å². The molecule has 0 bridgehead atoms. The zero-order chi connectivity index (χ0) is 22.7. The minimum absolute atomic E-state index is 0.00218. The third kappa shape index (κ3) is 5.43. The lowest BCUT2D eigenvalue weighted by Crippen LogP contribution is -2.36. The number of rotatable bonds is 5. The number of nitrogens with one attached hydrogen (secondary N) is 1. The zero-order valence-electron chi connectivity index (χ0n) is 17.2. The van der Waals surface area contributed by atoms with Crippen LogP contribution in [0.2, 0.25) is 0 Å². The third-order valence-electron chi connectivity index (χ3n) is 5.31. The Morgan fingerprint density at radius 2 is 1.81 bits per heavy atom. The molecule has 1 amide bonds. The van der Waals surface area contributed by atoms with Gasteiger partial charge in [-0.2, -0.15) is 13.2 Å². The Kier molecular flexibility index (Phi) is 6.43. The highest BCUT2D eigenvalue weighted by molar-refractivity contribution is 5.93. The number of carbonyl (C=O) groups excluding carboxylic acids is 1. The molecule has 0 atom stereocenters. The highest BCUT2D eigenvalue weighted by atomic mass is 19.4. The number of oxazole rings is 1. The summed E-state index contributed by atoms with van der Waals surface area (Å²) in [5.74, 6) is -0.390. The van der Waals surface area contributed by atoms with Gasteiger partial charge in [-0.1, -0.05) is 12.1 Å². The van der Waals surface area contributed by atoms with Gasteiger partial charge in [-0.3, -0.25) is 14.6 Å². The van der Waals surface area contributed by atoms with Gasteiger partial charge in [0.2, 0.25) is 11.8 Å². The van der Waals surface area contributed by atoms with Crippen molar-refractivity contribution in [1.82, 2.24) is 14.8 Å². The van der Waals surface area contributed by atoms with Crippen LogP contribution in [0.1, 0.15) is 17.9 Å². The number of nitrogens with zero attached hydrogens (tertiary/aromatic N) is 3. The Bertz CT molecular complexity index is 1100. The van der Waals surface area contributed by atoms with E-state index in [2.05, 4.69) is 15.2 Å². The maximum absolute atomic E-state index is 13.3. The Hall–Kier alpha value is -2.98. The molecule has 1 saturated heterocycles. The van der Waals surface area contributed by atoms with E-state index >= 15 is 0 Å². The molecule has 2 aromatic carbocycles. The highest BCUT2D eigenvalue weighted by Crippen LogP contribution is 2.34. The van der Waals surface area contributed by atoms with Crippen LogP contribution in [-0.2, 0) is 17.5 Å². The molecule has 10 heteroatoms. The van der Waals surface area contributed by atoms with Crippen LogP contribution in [0.15, 0.2) is 46.9 Å². The van der Waals surface area contributed by atoms with Crippen molar-refractivity contribution in [2.75, 3.05) is 38.0 Å². The fourth-order valence-corrected chi connectivity index (χ4v) is 3.78. The van der Waals surface area contributed by atoms with E-state index in [4.69, 9.17) is 4.42 Å². The topological polar surface area (TPSA) is 61.6 Å². The molecule has 170 valence electrons. The predicted octanol–water partition coefficient (Wildman–Crippen LogP) is 4.13. The van der Waals surface area contributed by atoms with Gasteiger partial charge in [0.1, 0.15) is 11.3 Å². The number of anilines is 1. The summed E-state index contributed by atoms with van der Waals surface area (Å²) in [5.41, 5.74) is -0.122. The summed E-state index contributed by atoms with van der Waals surface area (Å²) >= 11 is 0. The number of alkyl halides is 3. The molecule has 32 heavy (non-hydrogen) atoms.